The largest absolute Gasteiger partial charge is 0.497 e. The molecule has 1 fully saturated rings. The van der Waals surface area contributed by atoms with E-state index in [1.807, 2.05) is 6.07 Å². The predicted octanol–water partition coefficient (Wildman–Crippen LogP) is 2.68. The molecule has 0 aromatic heterocycles. The van der Waals surface area contributed by atoms with Gasteiger partial charge >= 0.3 is 0 Å². The molecule has 1 aromatic carbocycles. The van der Waals surface area contributed by atoms with E-state index in [1.54, 1.807) is 20.1 Å². The fourth-order valence-corrected chi connectivity index (χ4v) is 2.47. The standard InChI is InChI=1S/C14H20FNO/c1-10-7-13(17-2)9-12(14(10)15)8-11-3-5-16-6-4-11/h7,9,11,16H,3-6,8H2,1-2H3. The summed E-state index contributed by atoms with van der Waals surface area (Å²) < 4.78 is 19.2. The number of aryl methyl sites for hydroxylation is 1. The molecule has 17 heavy (non-hydrogen) atoms. The van der Waals surface area contributed by atoms with Crippen LogP contribution in [0.3, 0.4) is 0 Å². The number of nitrogens with one attached hydrogen (secondary N) is 1. The molecule has 0 unspecified atom stereocenters. The second kappa shape index (κ2) is 5.50. The molecular formula is C14H20FNO. The normalized spacial score (nSPS) is 17.1. The molecule has 1 aromatic rings. The van der Waals surface area contributed by atoms with Gasteiger partial charge in [-0.25, -0.2) is 4.39 Å². The molecule has 1 aliphatic rings. The summed E-state index contributed by atoms with van der Waals surface area (Å²) in [5, 5.41) is 3.33. The van der Waals surface area contributed by atoms with Crippen molar-refractivity contribution in [3.8, 4) is 5.75 Å². The van der Waals surface area contributed by atoms with Gasteiger partial charge in [0.1, 0.15) is 11.6 Å². The molecule has 94 valence electrons. The van der Waals surface area contributed by atoms with Gasteiger partial charge < -0.3 is 10.1 Å². The molecule has 0 bridgehead atoms. The second-order valence-electron chi connectivity index (χ2n) is 4.81. The van der Waals surface area contributed by atoms with Crippen molar-refractivity contribution in [1.82, 2.24) is 5.32 Å². The fourth-order valence-electron chi connectivity index (χ4n) is 2.47. The highest BCUT2D eigenvalue weighted by Gasteiger charge is 2.17. The number of hydrogen-bond acceptors (Lipinski definition) is 2. The second-order valence-corrected chi connectivity index (χ2v) is 4.81. The lowest BCUT2D eigenvalue weighted by molar-refractivity contribution is 0.366. The van der Waals surface area contributed by atoms with E-state index in [0.717, 1.165) is 43.7 Å². The number of methoxy groups -OCH3 is 1. The van der Waals surface area contributed by atoms with Crippen molar-refractivity contribution < 1.29 is 9.13 Å². The molecule has 0 aliphatic carbocycles. The lowest BCUT2D eigenvalue weighted by Gasteiger charge is -2.23. The van der Waals surface area contributed by atoms with Crippen LogP contribution in [0, 0.1) is 18.7 Å². The maximum Gasteiger partial charge on any atom is 0.129 e. The van der Waals surface area contributed by atoms with Gasteiger partial charge in [-0.1, -0.05) is 0 Å². The van der Waals surface area contributed by atoms with Crippen LogP contribution in [0.15, 0.2) is 12.1 Å². The van der Waals surface area contributed by atoms with Crippen LogP contribution in [0.4, 0.5) is 4.39 Å². The van der Waals surface area contributed by atoms with Crippen LogP contribution in [0.2, 0.25) is 0 Å². The molecule has 1 saturated heterocycles. The van der Waals surface area contributed by atoms with Gasteiger partial charge in [0.05, 0.1) is 7.11 Å². The lowest BCUT2D eigenvalue weighted by atomic mass is 9.90. The summed E-state index contributed by atoms with van der Waals surface area (Å²) in [5.41, 5.74) is 1.47. The van der Waals surface area contributed by atoms with Gasteiger partial charge in [0.15, 0.2) is 0 Å². The van der Waals surface area contributed by atoms with E-state index in [0.29, 0.717) is 11.5 Å². The van der Waals surface area contributed by atoms with Gasteiger partial charge in [-0.15, -0.1) is 0 Å². The van der Waals surface area contributed by atoms with Crippen LogP contribution in [-0.2, 0) is 6.42 Å². The highest BCUT2D eigenvalue weighted by atomic mass is 19.1. The molecule has 1 N–H and O–H groups in total. The number of ether oxygens (including phenoxy) is 1. The maximum atomic E-state index is 14.0. The van der Waals surface area contributed by atoms with Crippen molar-refractivity contribution in [2.24, 2.45) is 5.92 Å². The highest BCUT2D eigenvalue weighted by Crippen LogP contribution is 2.25. The molecule has 3 heteroatoms. The summed E-state index contributed by atoms with van der Waals surface area (Å²) in [6.07, 6.45) is 3.09. The van der Waals surface area contributed by atoms with Crippen molar-refractivity contribution in [2.45, 2.75) is 26.2 Å². The number of piperidine rings is 1. The minimum atomic E-state index is -0.0654. The minimum absolute atomic E-state index is 0.0654. The van der Waals surface area contributed by atoms with Crippen LogP contribution < -0.4 is 10.1 Å². The average Bonchev–Trinajstić information content (AvgIpc) is 2.36. The molecule has 2 nitrogen and oxygen atoms in total. The Morgan fingerprint density at radius 2 is 2.06 bits per heavy atom. The van der Waals surface area contributed by atoms with Gasteiger partial charge in [0.2, 0.25) is 0 Å². The Morgan fingerprint density at radius 1 is 1.35 bits per heavy atom. The third kappa shape index (κ3) is 2.97. The Hall–Kier alpha value is -1.09. The first-order valence-electron chi connectivity index (χ1n) is 6.24. The summed E-state index contributed by atoms with van der Waals surface area (Å²) in [6, 6.07) is 3.59. The molecule has 1 aliphatic heterocycles. The molecule has 2 rings (SSSR count). The maximum absolute atomic E-state index is 14.0. The van der Waals surface area contributed by atoms with Crippen LogP contribution in [0.25, 0.3) is 0 Å². The van der Waals surface area contributed by atoms with Gasteiger partial charge in [0, 0.05) is 0 Å². The molecule has 1 heterocycles. The first-order chi connectivity index (χ1) is 8.20. The summed E-state index contributed by atoms with van der Waals surface area (Å²) in [4.78, 5) is 0. The van der Waals surface area contributed by atoms with Crippen LogP contribution in [0.1, 0.15) is 24.0 Å². The Kier molecular flexibility index (Phi) is 4.00. The molecule has 0 amide bonds. The van der Waals surface area contributed by atoms with E-state index in [1.165, 1.54) is 0 Å². The number of halogens is 1. The first kappa shape index (κ1) is 12.4. The molecule has 0 radical (unpaired) electrons. The van der Waals surface area contributed by atoms with Crippen LogP contribution in [0.5, 0.6) is 5.75 Å². The quantitative estimate of drug-likeness (QED) is 0.872. The number of benzene rings is 1. The summed E-state index contributed by atoms with van der Waals surface area (Å²) in [5.74, 6) is 1.29. The Bertz CT molecular complexity index is 386. The zero-order chi connectivity index (χ0) is 12.3. The SMILES string of the molecule is COc1cc(C)c(F)c(CC2CCNCC2)c1. The van der Waals surface area contributed by atoms with Crippen molar-refractivity contribution >= 4 is 0 Å². The van der Waals surface area contributed by atoms with E-state index in [9.17, 15) is 4.39 Å². The van der Waals surface area contributed by atoms with Crippen molar-refractivity contribution in [1.29, 1.82) is 0 Å². The monoisotopic (exact) mass is 237 g/mol. The smallest absolute Gasteiger partial charge is 0.129 e. The Labute approximate surface area is 102 Å². The molecule has 0 atom stereocenters. The van der Waals surface area contributed by atoms with Gasteiger partial charge in [-0.3, -0.25) is 0 Å². The van der Waals surface area contributed by atoms with Gasteiger partial charge in [-0.05, 0) is 68.5 Å². The van der Waals surface area contributed by atoms with Crippen molar-refractivity contribution in [2.75, 3.05) is 20.2 Å². The van der Waals surface area contributed by atoms with Crippen LogP contribution >= 0.6 is 0 Å². The molecule has 0 spiro atoms. The summed E-state index contributed by atoms with van der Waals surface area (Å²) in [6.45, 7) is 3.90. The highest BCUT2D eigenvalue weighted by molar-refractivity contribution is 5.35. The minimum Gasteiger partial charge on any atom is -0.497 e. The third-order valence-electron chi connectivity index (χ3n) is 3.51. The first-order valence-corrected chi connectivity index (χ1v) is 6.24. The van der Waals surface area contributed by atoms with Gasteiger partial charge in [-0.2, -0.15) is 0 Å². The number of hydrogen-bond donors (Lipinski definition) is 1. The topological polar surface area (TPSA) is 21.3 Å². The average molecular weight is 237 g/mol. The van der Waals surface area contributed by atoms with E-state index in [-0.39, 0.29) is 5.82 Å². The predicted molar refractivity (Wildman–Crippen MR) is 67.0 cm³/mol. The molecular weight excluding hydrogens is 217 g/mol. The van der Waals surface area contributed by atoms with E-state index in [4.69, 9.17) is 4.74 Å². The van der Waals surface area contributed by atoms with Crippen molar-refractivity contribution in [3.05, 3.63) is 29.1 Å². The number of rotatable bonds is 3. The Balaban J connectivity index is 2.15. The van der Waals surface area contributed by atoms with Gasteiger partial charge in [0.25, 0.3) is 0 Å². The third-order valence-corrected chi connectivity index (χ3v) is 3.51. The lowest BCUT2D eigenvalue weighted by Crippen LogP contribution is -2.28. The molecule has 0 saturated carbocycles. The zero-order valence-corrected chi connectivity index (χ0v) is 10.6. The Morgan fingerprint density at radius 3 is 2.71 bits per heavy atom. The summed E-state index contributed by atoms with van der Waals surface area (Å²) >= 11 is 0. The van der Waals surface area contributed by atoms with E-state index < -0.39 is 0 Å². The van der Waals surface area contributed by atoms with E-state index in [2.05, 4.69) is 5.32 Å². The zero-order valence-electron chi connectivity index (χ0n) is 10.6. The van der Waals surface area contributed by atoms with Crippen molar-refractivity contribution in [3.63, 3.8) is 0 Å². The van der Waals surface area contributed by atoms with Crippen LogP contribution in [-0.4, -0.2) is 20.2 Å². The fraction of sp³-hybridized carbons (Fsp3) is 0.571. The van der Waals surface area contributed by atoms with E-state index >= 15 is 0 Å². The summed E-state index contributed by atoms with van der Waals surface area (Å²) in [7, 11) is 1.63.